The van der Waals surface area contributed by atoms with E-state index >= 15 is 0 Å². The monoisotopic (exact) mass is 119 g/mol. The molecule has 9 heavy (non-hydrogen) atoms. The maximum absolute atomic E-state index is 5.53. The molecule has 0 aliphatic heterocycles. The first kappa shape index (κ1) is 6.21. The van der Waals surface area contributed by atoms with Crippen LogP contribution in [0, 0.1) is 6.92 Å². The molecule has 0 saturated carbocycles. The van der Waals surface area contributed by atoms with Crippen LogP contribution in [0.3, 0.4) is 0 Å². The van der Waals surface area contributed by atoms with Gasteiger partial charge in [-0.3, -0.25) is 0 Å². The van der Waals surface area contributed by atoms with E-state index in [4.69, 9.17) is 5.73 Å². The Hall–Kier alpha value is -0.915. The molecule has 0 aliphatic carbocycles. The molecule has 0 atom stereocenters. The Bertz CT molecular complexity index is 220. The molecular weight excluding hydrogens is 109 g/mol. The first-order valence-corrected chi connectivity index (χ1v) is 3.03. The third-order valence-electron chi connectivity index (χ3n) is 1.53. The number of hydrogen-bond acceptors (Lipinski definition) is 1. The maximum Gasteiger partial charge on any atom is 0.139 e. The van der Waals surface area contributed by atoms with Crippen LogP contribution in [-0.2, 0) is 0 Å². The van der Waals surface area contributed by atoms with Crippen molar-refractivity contribution in [2.45, 2.75) is 6.92 Å². The van der Waals surface area contributed by atoms with E-state index in [1.54, 1.807) is 0 Å². The summed E-state index contributed by atoms with van der Waals surface area (Å²) in [5.41, 5.74) is 8.93. The summed E-state index contributed by atoms with van der Waals surface area (Å²) in [4.78, 5) is 0. The first-order chi connectivity index (χ1) is 4.20. The Morgan fingerprint density at radius 1 is 1.44 bits per heavy atom. The number of aryl methyl sites for hydroxylation is 1. The quantitative estimate of drug-likeness (QED) is 0.372. The highest BCUT2D eigenvalue weighted by atomic mass is 14.5. The third-order valence-corrected chi connectivity index (χ3v) is 1.53. The molecule has 0 bridgehead atoms. The van der Waals surface area contributed by atoms with Gasteiger partial charge in [-0.15, -0.1) is 0 Å². The summed E-state index contributed by atoms with van der Waals surface area (Å²) in [5.74, 6) is 0. The molecule has 0 fully saturated rings. The fraction of sp³-hybridized carbons (Fsp3) is 0.143. The minimum absolute atomic E-state index is 0.845. The van der Waals surface area contributed by atoms with Crippen LogP contribution in [0.1, 0.15) is 5.56 Å². The van der Waals surface area contributed by atoms with Gasteiger partial charge in [0.2, 0.25) is 0 Å². The lowest BCUT2D eigenvalue weighted by Gasteiger charge is -1.98. The van der Waals surface area contributed by atoms with Crippen LogP contribution in [0.25, 0.3) is 0 Å². The van der Waals surface area contributed by atoms with E-state index in [-0.39, 0.29) is 0 Å². The summed E-state index contributed by atoms with van der Waals surface area (Å²) in [5, 5.41) is 0. The Balaban J connectivity index is 3.17. The minimum Gasteiger partial charge on any atom is -0.399 e. The van der Waals surface area contributed by atoms with E-state index in [1.165, 1.54) is 11.0 Å². The predicted octanol–water partition coefficient (Wildman–Crippen LogP) is -0.164. The summed E-state index contributed by atoms with van der Waals surface area (Å²) in [6, 6.07) is 5.93. The molecule has 1 nitrogen and oxygen atoms in total. The van der Waals surface area contributed by atoms with Gasteiger partial charge in [0.25, 0.3) is 0 Å². The lowest BCUT2D eigenvalue weighted by molar-refractivity contribution is 1.52. The average Bonchev–Trinajstić information content (AvgIpc) is 1.80. The van der Waals surface area contributed by atoms with E-state index in [0.717, 1.165) is 5.69 Å². The Morgan fingerprint density at radius 3 is 2.56 bits per heavy atom. The molecule has 0 unspecified atom stereocenters. The van der Waals surface area contributed by atoms with Crippen molar-refractivity contribution in [3.05, 3.63) is 23.8 Å². The second kappa shape index (κ2) is 2.13. The van der Waals surface area contributed by atoms with Crippen molar-refractivity contribution in [2.75, 3.05) is 5.73 Å². The molecule has 0 aromatic heterocycles. The molecule has 1 aromatic rings. The summed E-state index contributed by atoms with van der Waals surface area (Å²) in [7, 11) is 2.08. The van der Waals surface area contributed by atoms with E-state index < -0.39 is 0 Å². The molecule has 2 heteroatoms. The first-order valence-electron chi connectivity index (χ1n) is 3.03. The second-order valence-electron chi connectivity index (χ2n) is 2.34. The van der Waals surface area contributed by atoms with Gasteiger partial charge >= 0.3 is 0 Å². The molecule has 0 radical (unpaired) electrons. The normalized spacial score (nSPS) is 9.44. The van der Waals surface area contributed by atoms with Gasteiger partial charge in [0.05, 0.1) is 0 Å². The van der Waals surface area contributed by atoms with Gasteiger partial charge in [-0.05, 0) is 19.1 Å². The van der Waals surface area contributed by atoms with Gasteiger partial charge in [-0.2, -0.15) is 0 Å². The zero-order valence-electron chi connectivity index (χ0n) is 5.81. The van der Waals surface area contributed by atoms with Crippen LogP contribution in [0.2, 0.25) is 0 Å². The molecule has 2 N–H and O–H groups in total. The van der Waals surface area contributed by atoms with Gasteiger partial charge in [0.15, 0.2) is 0 Å². The van der Waals surface area contributed by atoms with Gasteiger partial charge in [-0.1, -0.05) is 17.1 Å². The zero-order valence-corrected chi connectivity index (χ0v) is 5.81. The van der Waals surface area contributed by atoms with Crippen LogP contribution >= 0.6 is 0 Å². The summed E-state index contributed by atoms with van der Waals surface area (Å²) < 4.78 is 0. The largest absolute Gasteiger partial charge is 0.399 e. The maximum atomic E-state index is 5.53. The predicted molar refractivity (Wildman–Crippen MR) is 43.8 cm³/mol. The number of hydrogen-bond donors (Lipinski definition) is 1. The molecule has 0 saturated heterocycles. The highest BCUT2D eigenvalue weighted by Gasteiger charge is 1.89. The molecular formula is C7H10BN. The Morgan fingerprint density at radius 2 is 2.11 bits per heavy atom. The summed E-state index contributed by atoms with van der Waals surface area (Å²) >= 11 is 0. The molecule has 1 aromatic carbocycles. The van der Waals surface area contributed by atoms with E-state index in [1.807, 2.05) is 18.2 Å². The SMILES string of the molecule is Bc1ccc(N)cc1C. The van der Waals surface area contributed by atoms with Gasteiger partial charge < -0.3 is 5.73 Å². The van der Waals surface area contributed by atoms with Crippen LogP contribution in [0.15, 0.2) is 18.2 Å². The smallest absolute Gasteiger partial charge is 0.139 e. The van der Waals surface area contributed by atoms with Gasteiger partial charge in [0, 0.05) is 5.69 Å². The van der Waals surface area contributed by atoms with E-state index in [9.17, 15) is 0 Å². The molecule has 1 rings (SSSR count). The average molecular weight is 119 g/mol. The number of anilines is 1. The van der Waals surface area contributed by atoms with Crippen molar-refractivity contribution in [3.63, 3.8) is 0 Å². The third kappa shape index (κ3) is 1.25. The van der Waals surface area contributed by atoms with Crippen LogP contribution in [0.4, 0.5) is 5.69 Å². The van der Waals surface area contributed by atoms with E-state index in [2.05, 4.69) is 14.8 Å². The standard InChI is InChI=1S/C7H10BN/c1-5-4-6(9)2-3-7(5)8/h2-4H,8-9H2,1H3. The molecule has 0 heterocycles. The lowest BCUT2D eigenvalue weighted by Crippen LogP contribution is -2.06. The second-order valence-corrected chi connectivity index (χ2v) is 2.34. The summed E-state index contributed by atoms with van der Waals surface area (Å²) in [6.07, 6.45) is 0. The summed E-state index contributed by atoms with van der Waals surface area (Å²) in [6.45, 7) is 2.06. The van der Waals surface area contributed by atoms with Crippen molar-refractivity contribution < 1.29 is 0 Å². The number of nitrogens with two attached hydrogens (primary N) is 1. The van der Waals surface area contributed by atoms with Crippen molar-refractivity contribution in [1.29, 1.82) is 0 Å². The lowest BCUT2D eigenvalue weighted by atomic mass is 9.91. The van der Waals surface area contributed by atoms with Crippen molar-refractivity contribution >= 4 is 19.0 Å². The fourth-order valence-corrected chi connectivity index (χ4v) is 0.765. The van der Waals surface area contributed by atoms with Crippen molar-refractivity contribution in [2.24, 2.45) is 0 Å². The zero-order chi connectivity index (χ0) is 6.85. The van der Waals surface area contributed by atoms with Crippen molar-refractivity contribution in [1.82, 2.24) is 0 Å². The Kier molecular flexibility index (Phi) is 1.47. The highest BCUT2D eigenvalue weighted by molar-refractivity contribution is 6.33. The van der Waals surface area contributed by atoms with E-state index in [0.29, 0.717) is 0 Å². The topological polar surface area (TPSA) is 26.0 Å². The van der Waals surface area contributed by atoms with Crippen LogP contribution < -0.4 is 11.2 Å². The number of benzene rings is 1. The van der Waals surface area contributed by atoms with Crippen LogP contribution in [0.5, 0.6) is 0 Å². The molecule has 46 valence electrons. The highest BCUT2D eigenvalue weighted by Crippen LogP contribution is 2.00. The number of nitrogen functional groups attached to an aromatic ring is 1. The minimum atomic E-state index is 0.845. The number of rotatable bonds is 0. The fourth-order valence-electron chi connectivity index (χ4n) is 0.765. The molecule has 0 spiro atoms. The van der Waals surface area contributed by atoms with Crippen molar-refractivity contribution in [3.8, 4) is 0 Å². The molecule has 0 amide bonds. The van der Waals surface area contributed by atoms with Gasteiger partial charge in [-0.25, -0.2) is 0 Å². The Labute approximate surface area is 56.3 Å². The van der Waals surface area contributed by atoms with Crippen LogP contribution in [-0.4, -0.2) is 7.85 Å². The van der Waals surface area contributed by atoms with Gasteiger partial charge in [0.1, 0.15) is 7.85 Å². The molecule has 0 aliphatic rings.